The molecular formula is C14H20N2O5. The summed E-state index contributed by atoms with van der Waals surface area (Å²) < 4.78 is 10.2. The standard InChI is InChI=1S/C14H20N2O5/c1-4-20-13(17)8-9-15-11-6-5-7-12(21-10(2)3)14(11)16(18)19/h5-7,10,15H,4,8-9H2,1-3H3. The van der Waals surface area contributed by atoms with Gasteiger partial charge in [-0.1, -0.05) is 6.07 Å². The maximum atomic E-state index is 11.2. The van der Waals surface area contributed by atoms with Crippen LogP contribution in [0.3, 0.4) is 0 Å². The number of nitrogens with zero attached hydrogens (tertiary/aromatic N) is 1. The number of carbonyl (C=O) groups is 1. The lowest BCUT2D eigenvalue weighted by Crippen LogP contribution is -2.13. The molecule has 0 amide bonds. The molecule has 0 aliphatic heterocycles. The molecule has 1 rings (SSSR count). The molecule has 0 heterocycles. The van der Waals surface area contributed by atoms with Crippen LogP contribution in [0, 0.1) is 10.1 Å². The van der Waals surface area contributed by atoms with E-state index >= 15 is 0 Å². The first kappa shape index (κ1) is 16.7. The number of nitro benzene ring substituents is 1. The summed E-state index contributed by atoms with van der Waals surface area (Å²) in [6.07, 6.45) is -0.0289. The molecule has 0 radical (unpaired) electrons. The molecule has 0 fully saturated rings. The molecule has 1 aromatic carbocycles. The van der Waals surface area contributed by atoms with Crippen LogP contribution in [0.15, 0.2) is 18.2 Å². The lowest BCUT2D eigenvalue weighted by atomic mass is 10.2. The minimum atomic E-state index is -0.496. The second kappa shape index (κ2) is 8.08. The first-order chi connectivity index (χ1) is 9.95. The first-order valence-corrected chi connectivity index (χ1v) is 6.79. The summed E-state index contributed by atoms with van der Waals surface area (Å²) in [7, 11) is 0. The first-order valence-electron chi connectivity index (χ1n) is 6.79. The summed E-state index contributed by atoms with van der Waals surface area (Å²) in [5.41, 5.74) is 0.192. The van der Waals surface area contributed by atoms with Gasteiger partial charge in [0.2, 0.25) is 0 Å². The summed E-state index contributed by atoms with van der Waals surface area (Å²) in [5.74, 6) is -0.140. The van der Waals surface area contributed by atoms with Crippen LogP contribution < -0.4 is 10.1 Å². The molecule has 0 atom stereocenters. The van der Waals surface area contributed by atoms with Gasteiger partial charge in [0.15, 0.2) is 5.75 Å². The number of nitro groups is 1. The number of para-hydroxylation sites is 1. The Balaban J connectivity index is 2.81. The lowest BCUT2D eigenvalue weighted by Gasteiger charge is -2.13. The number of carbonyl (C=O) groups excluding carboxylic acids is 1. The van der Waals surface area contributed by atoms with E-state index in [1.165, 1.54) is 0 Å². The molecule has 116 valence electrons. The topological polar surface area (TPSA) is 90.7 Å². The van der Waals surface area contributed by atoms with Crippen molar-refractivity contribution in [3.05, 3.63) is 28.3 Å². The Morgan fingerprint density at radius 3 is 2.71 bits per heavy atom. The molecule has 7 heteroatoms. The normalized spacial score (nSPS) is 10.3. The fourth-order valence-corrected chi connectivity index (χ4v) is 1.73. The van der Waals surface area contributed by atoms with E-state index in [0.29, 0.717) is 12.3 Å². The van der Waals surface area contributed by atoms with E-state index in [9.17, 15) is 14.9 Å². The third-order valence-electron chi connectivity index (χ3n) is 2.49. The monoisotopic (exact) mass is 296 g/mol. The predicted octanol–water partition coefficient (Wildman–Crippen LogP) is 2.75. The molecule has 0 saturated heterocycles. The highest BCUT2D eigenvalue weighted by atomic mass is 16.6. The van der Waals surface area contributed by atoms with Crippen molar-refractivity contribution in [1.82, 2.24) is 0 Å². The quantitative estimate of drug-likeness (QED) is 0.450. The summed E-state index contributed by atoms with van der Waals surface area (Å²) >= 11 is 0. The smallest absolute Gasteiger partial charge is 0.333 e. The van der Waals surface area contributed by atoms with Crippen LogP contribution in [0.5, 0.6) is 5.75 Å². The van der Waals surface area contributed by atoms with E-state index in [-0.39, 0.29) is 36.5 Å². The molecule has 0 aliphatic rings. The van der Waals surface area contributed by atoms with Crippen LogP contribution in [0.1, 0.15) is 27.2 Å². The van der Waals surface area contributed by atoms with Gasteiger partial charge in [0, 0.05) is 6.54 Å². The van der Waals surface area contributed by atoms with Gasteiger partial charge in [-0.2, -0.15) is 0 Å². The van der Waals surface area contributed by atoms with E-state index in [4.69, 9.17) is 9.47 Å². The number of nitrogens with one attached hydrogen (secondary N) is 1. The summed E-state index contributed by atoms with van der Waals surface area (Å²) in [5, 5.41) is 14.1. The van der Waals surface area contributed by atoms with Crippen molar-refractivity contribution in [2.75, 3.05) is 18.5 Å². The van der Waals surface area contributed by atoms with Gasteiger partial charge in [0.25, 0.3) is 0 Å². The number of benzene rings is 1. The lowest BCUT2D eigenvalue weighted by molar-refractivity contribution is -0.385. The average Bonchev–Trinajstić information content (AvgIpc) is 2.38. The Morgan fingerprint density at radius 2 is 2.14 bits per heavy atom. The third-order valence-corrected chi connectivity index (χ3v) is 2.49. The zero-order valence-corrected chi connectivity index (χ0v) is 12.4. The molecule has 1 N–H and O–H groups in total. The third kappa shape index (κ3) is 5.29. The van der Waals surface area contributed by atoms with Gasteiger partial charge >= 0.3 is 11.7 Å². The van der Waals surface area contributed by atoms with Crippen LogP contribution in [-0.2, 0) is 9.53 Å². The maximum Gasteiger partial charge on any atom is 0.333 e. The van der Waals surface area contributed by atoms with Crippen molar-refractivity contribution >= 4 is 17.3 Å². The molecule has 0 bridgehead atoms. The molecule has 0 aromatic heterocycles. The maximum absolute atomic E-state index is 11.2. The van der Waals surface area contributed by atoms with Crippen molar-refractivity contribution < 1.29 is 19.2 Å². The van der Waals surface area contributed by atoms with Crippen LogP contribution in [0.4, 0.5) is 11.4 Å². The van der Waals surface area contributed by atoms with E-state index in [1.54, 1.807) is 39.0 Å². The van der Waals surface area contributed by atoms with Crippen LogP contribution in [-0.4, -0.2) is 30.1 Å². The van der Waals surface area contributed by atoms with E-state index in [0.717, 1.165) is 0 Å². The van der Waals surface area contributed by atoms with Crippen molar-refractivity contribution in [3.8, 4) is 5.75 Å². The molecular weight excluding hydrogens is 276 g/mol. The number of anilines is 1. The molecule has 0 saturated carbocycles. The number of rotatable bonds is 8. The van der Waals surface area contributed by atoms with E-state index in [1.807, 2.05) is 0 Å². The Morgan fingerprint density at radius 1 is 1.43 bits per heavy atom. The van der Waals surface area contributed by atoms with Gasteiger partial charge in [-0.05, 0) is 32.9 Å². The van der Waals surface area contributed by atoms with Gasteiger partial charge in [0.05, 0.1) is 24.1 Å². The highest BCUT2D eigenvalue weighted by Gasteiger charge is 2.21. The van der Waals surface area contributed by atoms with E-state index in [2.05, 4.69) is 5.32 Å². The second-order valence-electron chi connectivity index (χ2n) is 4.56. The molecule has 1 aromatic rings. The fourth-order valence-electron chi connectivity index (χ4n) is 1.73. The Hall–Kier alpha value is -2.31. The van der Waals surface area contributed by atoms with Crippen LogP contribution in [0.25, 0.3) is 0 Å². The fraction of sp³-hybridized carbons (Fsp3) is 0.500. The highest BCUT2D eigenvalue weighted by molar-refractivity contribution is 5.72. The van der Waals surface area contributed by atoms with Gasteiger partial charge in [-0.25, -0.2) is 0 Å². The Bertz CT molecular complexity index is 502. The van der Waals surface area contributed by atoms with Gasteiger partial charge in [-0.3, -0.25) is 14.9 Å². The number of hydrogen-bond acceptors (Lipinski definition) is 6. The average molecular weight is 296 g/mol. The van der Waals surface area contributed by atoms with Gasteiger partial charge in [-0.15, -0.1) is 0 Å². The SMILES string of the molecule is CCOC(=O)CCNc1cccc(OC(C)C)c1[N+](=O)[O-]. The van der Waals surface area contributed by atoms with Crippen LogP contribution in [0.2, 0.25) is 0 Å². The van der Waals surface area contributed by atoms with Gasteiger partial charge < -0.3 is 14.8 Å². The summed E-state index contributed by atoms with van der Waals surface area (Å²) in [6.45, 7) is 5.89. The zero-order chi connectivity index (χ0) is 15.8. The largest absolute Gasteiger partial charge is 0.484 e. The zero-order valence-electron chi connectivity index (χ0n) is 12.4. The molecule has 7 nitrogen and oxygen atoms in total. The second-order valence-corrected chi connectivity index (χ2v) is 4.56. The number of hydrogen-bond donors (Lipinski definition) is 1. The summed E-state index contributed by atoms with van der Waals surface area (Å²) in [6, 6.07) is 4.79. The predicted molar refractivity (Wildman–Crippen MR) is 78.6 cm³/mol. The number of esters is 1. The molecule has 21 heavy (non-hydrogen) atoms. The molecule has 0 spiro atoms. The molecule has 0 aliphatic carbocycles. The van der Waals surface area contributed by atoms with Crippen molar-refractivity contribution in [2.24, 2.45) is 0 Å². The Labute approximate surface area is 123 Å². The summed E-state index contributed by atoms with van der Waals surface area (Å²) in [4.78, 5) is 22.0. The van der Waals surface area contributed by atoms with Crippen LogP contribution >= 0.6 is 0 Å². The van der Waals surface area contributed by atoms with Gasteiger partial charge in [0.1, 0.15) is 5.69 Å². The van der Waals surface area contributed by atoms with E-state index < -0.39 is 4.92 Å². The Kier molecular flexibility index (Phi) is 6.45. The van der Waals surface area contributed by atoms with Crippen molar-refractivity contribution in [3.63, 3.8) is 0 Å². The van der Waals surface area contributed by atoms with Crippen molar-refractivity contribution in [1.29, 1.82) is 0 Å². The minimum Gasteiger partial charge on any atom is -0.484 e. The minimum absolute atomic E-state index is 0.130. The number of ether oxygens (including phenoxy) is 2. The molecule has 0 unspecified atom stereocenters. The highest BCUT2D eigenvalue weighted by Crippen LogP contribution is 2.35. The van der Waals surface area contributed by atoms with Crippen molar-refractivity contribution in [2.45, 2.75) is 33.3 Å².